The number of thiazole rings is 1. The van der Waals surface area contributed by atoms with Crippen LogP contribution in [0.15, 0.2) is 0 Å². The Balaban J connectivity index is 1.76. The minimum Gasteiger partial charge on any atom is -0.315 e. The molecule has 2 fully saturated rings. The minimum atomic E-state index is -0.371. The van der Waals surface area contributed by atoms with Crippen LogP contribution in [0, 0.1) is 13.8 Å². The molecule has 2 unspecified atom stereocenters. The highest BCUT2D eigenvalue weighted by atomic mass is 32.2. The van der Waals surface area contributed by atoms with Crippen LogP contribution in [0.2, 0.25) is 0 Å². The maximum absolute atomic E-state index is 12.4. The molecule has 5 nitrogen and oxygen atoms in total. The highest BCUT2D eigenvalue weighted by Crippen LogP contribution is 2.47. The Labute approximate surface area is 126 Å². The van der Waals surface area contributed by atoms with E-state index in [-0.39, 0.29) is 22.7 Å². The van der Waals surface area contributed by atoms with Crippen LogP contribution in [0.25, 0.3) is 0 Å². The molecule has 3 rings (SSSR count). The first kappa shape index (κ1) is 13.9. The molecule has 7 heteroatoms. The van der Waals surface area contributed by atoms with Crippen LogP contribution in [-0.4, -0.2) is 38.4 Å². The van der Waals surface area contributed by atoms with E-state index in [0.29, 0.717) is 17.3 Å². The second kappa shape index (κ2) is 4.73. The van der Waals surface area contributed by atoms with Crippen molar-refractivity contribution < 1.29 is 9.59 Å². The van der Waals surface area contributed by atoms with Gasteiger partial charge in [-0.3, -0.25) is 9.59 Å². The standard InChI is InChI=1S/C13H17N3O2S2/c1-7-8(2)20-12(14-7)15-11(18)9-6-19-13(3)5-4-10(17)16(9)13/h9H,4-6H2,1-3H3,(H,14,15,18). The molecule has 0 spiro atoms. The maximum atomic E-state index is 12.4. The van der Waals surface area contributed by atoms with Gasteiger partial charge in [0, 0.05) is 17.1 Å². The van der Waals surface area contributed by atoms with Gasteiger partial charge >= 0.3 is 0 Å². The van der Waals surface area contributed by atoms with Crippen molar-refractivity contribution in [3.63, 3.8) is 0 Å². The van der Waals surface area contributed by atoms with Crippen LogP contribution >= 0.6 is 23.1 Å². The van der Waals surface area contributed by atoms with Crippen LogP contribution in [0.3, 0.4) is 0 Å². The summed E-state index contributed by atoms with van der Waals surface area (Å²) < 4.78 is 0. The average molecular weight is 311 g/mol. The zero-order chi connectivity index (χ0) is 14.5. The van der Waals surface area contributed by atoms with Crippen molar-refractivity contribution in [2.45, 2.75) is 44.5 Å². The fourth-order valence-electron chi connectivity index (χ4n) is 2.73. The lowest BCUT2D eigenvalue weighted by atomic mass is 10.2. The van der Waals surface area contributed by atoms with E-state index in [1.54, 1.807) is 16.7 Å². The first-order chi connectivity index (χ1) is 9.40. The van der Waals surface area contributed by atoms with E-state index in [0.717, 1.165) is 17.0 Å². The van der Waals surface area contributed by atoms with Gasteiger partial charge in [0.05, 0.1) is 10.6 Å². The molecule has 1 N–H and O–H groups in total. The summed E-state index contributed by atoms with van der Waals surface area (Å²) in [6, 6.07) is -0.371. The Hall–Kier alpha value is -1.08. The summed E-state index contributed by atoms with van der Waals surface area (Å²) in [7, 11) is 0. The number of amides is 2. The summed E-state index contributed by atoms with van der Waals surface area (Å²) in [6.45, 7) is 5.96. The predicted molar refractivity (Wildman–Crippen MR) is 80.9 cm³/mol. The van der Waals surface area contributed by atoms with Crippen molar-refractivity contribution in [2.75, 3.05) is 11.1 Å². The van der Waals surface area contributed by atoms with E-state index < -0.39 is 0 Å². The highest BCUT2D eigenvalue weighted by molar-refractivity contribution is 8.01. The monoisotopic (exact) mass is 311 g/mol. The third kappa shape index (κ3) is 2.13. The molecule has 2 aliphatic heterocycles. The van der Waals surface area contributed by atoms with E-state index in [4.69, 9.17) is 0 Å². The summed E-state index contributed by atoms with van der Waals surface area (Å²) >= 11 is 3.17. The third-order valence-corrected chi connectivity index (χ3v) is 6.50. The third-order valence-electron chi connectivity index (χ3n) is 4.01. The number of carbonyl (C=O) groups excluding carboxylic acids is 2. The molecule has 108 valence electrons. The number of thioether (sulfide) groups is 1. The zero-order valence-electron chi connectivity index (χ0n) is 11.7. The molecule has 3 heterocycles. The normalized spacial score (nSPS) is 28.9. The number of aromatic nitrogens is 1. The summed E-state index contributed by atoms with van der Waals surface area (Å²) in [5.74, 6) is 0.631. The van der Waals surface area contributed by atoms with E-state index in [1.807, 2.05) is 20.8 Å². The largest absolute Gasteiger partial charge is 0.315 e. The van der Waals surface area contributed by atoms with Crippen molar-refractivity contribution in [2.24, 2.45) is 0 Å². The van der Waals surface area contributed by atoms with Crippen molar-refractivity contribution in [1.82, 2.24) is 9.88 Å². The van der Waals surface area contributed by atoms with Gasteiger partial charge in [-0.15, -0.1) is 23.1 Å². The number of carbonyl (C=O) groups is 2. The number of aryl methyl sites for hydroxylation is 2. The van der Waals surface area contributed by atoms with Crippen LogP contribution in [0.4, 0.5) is 5.13 Å². The molecule has 0 radical (unpaired) electrons. The van der Waals surface area contributed by atoms with Gasteiger partial charge < -0.3 is 10.2 Å². The maximum Gasteiger partial charge on any atom is 0.249 e. The highest BCUT2D eigenvalue weighted by Gasteiger charge is 2.52. The van der Waals surface area contributed by atoms with Crippen molar-refractivity contribution in [3.8, 4) is 0 Å². The Bertz CT molecular complexity index is 567. The van der Waals surface area contributed by atoms with E-state index in [9.17, 15) is 9.59 Å². The Morgan fingerprint density at radius 3 is 2.90 bits per heavy atom. The molecule has 2 amide bonds. The molecule has 2 aliphatic rings. The lowest BCUT2D eigenvalue weighted by Gasteiger charge is -2.29. The molecule has 2 atom stereocenters. The summed E-state index contributed by atoms with van der Waals surface area (Å²) in [5.41, 5.74) is 0.938. The van der Waals surface area contributed by atoms with Gasteiger partial charge in [-0.25, -0.2) is 4.98 Å². The molecular formula is C13H17N3O2S2. The fourth-order valence-corrected chi connectivity index (χ4v) is 4.98. The lowest BCUT2D eigenvalue weighted by Crippen LogP contribution is -2.48. The van der Waals surface area contributed by atoms with Crippen LogP contribution in [-0.2, 0) is 9.59 Å². The average Bonchev–Trinajstić information content (AvgIpc) is 2.96. The van der Waals surface area contributed by atoms with Gasteiger partial charge in [0.1, 0.15) is 6.04 Å². The summed E-state index contributed by atoms with van der Waals surface area (Å²) in [4.78, 5) is 31.4. The topological polar surface area (TPSA) is 62.3 Å². The molecule has 20 heavy (non-hydrogen) atoms. The number of nitrogens with one attached hydrogen (secondary N) is 1. The Kier molecular flexibility index (Phi) is 3.29. The smallest absolute Gasteiger partial charge is 0.249 e. The summed E-state index contributed by atoms with van der Waals surface area (Å²) in [6.07, 6.45) is 1.37. The van der Waals surface area contributed by atoms with Crippen LogP contribution in [0.1, 0.15) is 30.3 Å². The SMILES string of the molecule is Cc1nc(NC(=O)C2CSC3(C)CCC(=O)N23)sc1C. The van der Waals surface area contributed by atoms with Gasteiger partial charge in [-0.2, -0.15) is 0 Å². The number of hydrogen-bond acceptors (Lipinski definition) is 5. The van der Waals surface area contributed by atoms with Gasteiger partial charge in [0.15, 0.2) is 5.13 Å². The minimum absolute atomic E-state index is 0.0872. The Morgan fingerprint density at radius 2 is 2.25 bits per heavy atom. The molecule has 0 aliphatic carbocycles. The van der Waals surface area contributed by atoms with Gasteiger partial charge in [0.25, 0.3) is 0 Å². The van der Waals surface area contributed by atoms with Crippen molar-refractivity contribution in [1.29, 1.82) is 0 Å². The fraction of sp³-hybridized carbons (Fsp3) is 0.615. The van der Waals surface area contributed by atoms with Gasteiger partial charge in [-0.05, 0) is 27.2 Å². The number of rotatable bonds is 2. The second-order valence-corrected chi connectivity index (χ2v) is 8.12. The molecule has 1 aromatic rings. The molecule has 0 saturated carbocycles. The number of nitrogens with zero attached hydrogens (tertiary/aromatic N) is 2. The molecule has 0 bridgehead atoms. The second-order valence-electron chi connectivity index (χ2n) is 5.42. The molecule has 1 aromatic heterocycles. The van der Waals surface area contributed by atoms with Crippen LogP contribution in [0.5, 0.6) is 0 Å². The number of hydrogen-bond donors (Lipinski definition) is 1. The van der Waals surface area contributed by atoms with Crippen LogP contribution < -0.4 is 5.32 Å². The molecule has 0 aromatic carbocycles. The number of fused-ring (bicyclic) bond motifs is 1. The first-order valence-corrected chi connectivity index (χ1v) is 8.42. The Morgan fingerprint density at radius 1 is 1.50 bits per heavy atom. The van der Waals surface area contributed by atoms with Gasteiger partial charge in [0.2, 0.25) is 11.8 Å². The van der Waals surface area contributed by atoms with Gasteiger partial charge in [-0.1, -0.05) is 0 Å². The summed E-state index contributed by atoms with van der Waals surface area (Å²) in [5, 5.41) is 3.48. The predicted octanol–water partition coefficient (Wildman–Crippen LogP) is 2.15. The molecular weight excluding hydrogens is 294 g/mol. The van der Waals surface area contributed by atoms with E-state index in [1.165, 1.54) is 11.3 Å². The molecule has 2 saturated heterocycles. The first-order valence-electron chi connectivity index (χ1n) is 6.62. The van der Waals surface area contributed by atoms with Crippen molar-refractivity contribution >= 4 is 40.0 Å². The van der Waals surface area contributed by atoms with E-state index in [2.05, 4.69) is 10.3 Å². The number of anilines is 1. The van der Waals surface area contributed by atoms with E-state index >= 15 is 0 Å². The lowest BCUT2D eigenvalue weighted by molar-refractivity contribution is -0.135. The quantitative estimate of drug-likeness (QED) is 0.909. The zero-order valence-corrected chi connectivity index (χ0v) is 13.4. The van der Waals surface area contributed by atoms with Crippen molar-refractivity contribution in [3.05, 3.63) is 10.6 Å².